The van der Waals surface area contributed by atoms with E-state index in [0.717, 1.165) is 16.5 Å². The summed E-state index contributed by atoms with van der Waals surface area (Å²) in [5, 5.41) is 6.03. The summed E-state index contributed by atoms with van der Waals surface area (Å²) in [4.78, 5) is 14.3. The molecule has 3 rings (SSSR count). The molecule has 0 radical (unpaired) electrons. The van der Waals surface area contributed by atoms with Gasteiger partial charge in [-0.25, -0.2) is 13.6 Å². The van der Waals surface area contributed by atoms with Gasteiger partial charge in [-0.05, 0) is 38.3 Å². The number of fused-ring (bicyclic) bond motifs is 1. The van der Waals surface area contributed by atoms with Gasteiger partial charge in [0.1, 0.15) is 5.58 Å². The smallest absolute Gasteiger partial charge is 0.289 e. The van der Waals surface area contributed by atoms with Gasteiger partial charge in [0.05, 0.1) is 5.75 Å². The van der Waals surface area contributed by atoms with Crippen molar-refractivity contribution in [1.29, 1.82) is 0 Å². The van der Waals surface area contributed by atoms with Crippen LogP contribution in [0.3, 0.4) is 0 Å². The van der Waals surface area contributed by atoms with E-state index in [4.69, 9.17) is 9.56 Å². The largest absolute Gasteiger partial charge is 0.451 e. The molecule has 6 nitrogen and oxygen atoms in total. The maximum absolute atomic E-state index is 12.7. The third-order valence-electron chi connectivity index (χ3n) is 4.33. The molecule has 124 valence electrons. The van der Waals surface area contributed by atoms with Gasteiger partial charge in [-0.15, -0.1) is 0 Å². The Labute approximate surface area is 135 Å². The van der Waals surface area contributed by atoms with Crippen molar-refractivity contribution in [1.82, 2.24) is 4.90 Å². The van der Waals surface area contributed by atoms with Gasteiger partial charge >= 0.3 is 0 Å². The van der Waals surface area contributed by atoms with E-state index in [1.807, 2.05) is 32.0 Å². The fraction of sp³-hybridized carbons (Fsp3) is 0.438. The Morgan fingerprint density at radius 3 is 2.83 bits per heavy atom. The predicted molar refractivity (Wildman–Crippen MR) is 87.7 cm³/mol. The highest BCUT2D eigenvalue weighted by Crippen LogP contribution is 2.28. The van der Waals surface area contributed by atoms with Crippen LogP contribution >= 0.6 is 0 Å². The van der Waals surface area contributed by atoms with Crippen LogP contribution in [0.15, 0.2) is 22.6 Å². The summed E-state index contributed by atoms with van der Waals surface area (Å²) in [5.74, 6) is -0.0502. The lowest BCUT2D eigenvalue weighted by molar-refractivity contribution is 0.0758. The van der Waals surface area contributed by atoms with Crippen molar-refractivity contribution in [3.8, 4) is 0 Å². The van der Waals surface area contributed by atoms with Crippen LogP contribution in [0, 0.1) is 19.8 Å². The maximum atomic E-state index is 12.7. The molecule has 2 aromatic rings. The van der Waals surface area contributed by atoms with Crippen molar-refractivity contribution in [2.75, 3.05) is 18.8 Å². The van der Waals surface area contributed by atoms with Gasteiger partial charge < -0.3 is 9.32 Å². The van der Waals surface area contributed by atoms with E-state index in [-0.39, 0.29) is 17.6 Å². The second kappa shape index (κ2) is 5.65. The zero-order chi connectivity index (χ0) is 16.8. The second-order valence-electron chi connectivity index (χ2n) is 6.29. The minimum atomic E-state index is -3.52. The van der Waals surface area contributed by atoms with Crippen LogP contribution in [0.1, 0.15) is 28.1 Å². The first-order valence-corrected chi connectivity index (χ1v) is 9.25. The number of rotatable bonds is 3. The first-order chi connectivity index (χ1) is 10.7. The summed E-state index contributed by atoms with van der Waals surface area (Å²) in [5.41, 5.74) is 2.62. The summed E-state index contributed by atoms with van der Waals surface area (Å²) in [6.07, 6.45) is 0.639. The molecular formula is C16H20N2O4S. The number of primary sulfonamides is 1. The molecule has 2 N–H and O–H groups in total. The molecule has 1 aromatic carbocycles. The lowest BCUT2D eigenvalue weighted by Gasteiger charge is -2.15. The number of carbonyl (C=O) groups is 1. The predicted octanol–water partition coefficient (Wildman–Crippen LogP) is 1.80. The number of furan rings is 1. The molecule has 0 bridgehead atoms. The molecule has 1 amide bonds. The number of amides is 1. The summed E-state index contributed by atoms with van der Waals surface area (Å²) in [6.45, 7) is 4.78. The van der Waals surface area contributed by atoms with E-state index in [0.29, 0.717) is 30.9 Å². The molecule has 1 aliphatic rings. The molecule has 1 fully saturated rings. The second-order valence-corrected chi connectivity index (χ2v) is 7.95. The lowest BCUT2D eigenvalue weighted by atomic mass is 10.1. The molecule has 1 atom stereocenters. The summed E-state index contributed by atoms with van der Waals surface area (Å²) in [7, 11) is -3.52. The highest BCUT2D eigenvalue weighted by Gasteiger charge is 2.31. The Balaban J connectivity index is 1.83. The van der Waals surface area contributed by atoms with Crippen molar-refractivity contribution in [2.24, 2.45) is 11.1 Å². The average Bonchev–Trinajstić information content (AvgIpc) is 3.02. The van der Waals surface area contributed by atoms with E-state index in [1.54, 1.807) is 4.90 Å². The third-order valence-corrected chi connectivity index (χ3v) is 5.26. The van der Waals surface area contributed by atoms with E-state index >= 15 is 0 Å². The number of hydrogen-bond acceptors (Lipinski definition) is 4. The summed E-state index contributed by atoms with van der Waals surface area (Å²) in [6, 6.07) is 5.80. The Morgan fingerprint density at radius 1 is 1.39 bits per heavy atom. The van der Waals surface area contributed by atoms with Gasteiger partial charge in [0.2, 0.25) is 10.0 Å². The number of benzene rings is 1. The molecular weight excluding hydrogens is 316 g/mol. The molecule has 0 unspecified atom stereocenters. The van der Waals surface area contributed by atoms with Crippen molar-refractivity contribution < 1.29 is 17.6 Å². The highest BCUT2D eigenvalue weighted by atomic mass is 32.2. The lowest BCUT2D eigenvalue weighted by Crippen LogP contribution is -2.30. The molecule has 1 aromatic heterocycles. The van der Waals surface area contributed by atoms with Gasteiger partial charge in [-0.2, -0.15) is 0 Å². The number of carbonyl (C=O) groups excluding carboxylic acids is 1. The first-order valence-electron chi connectivity index (χ1n) is 7.54. The average molecular weight is 336 g/mol. The van der Waals surface area contributed by atoms with Crippen LogP contribution in [-0.2, 0) is 10.0 Å². The van der Waals surface area contributed by atoms with Gasteiger partial charge in [0.15, 0.2) is 5.76 Å². The van der Waals surface area contributed by atoms with Crippen LogP contribution in [-0.4, -0.2) is 38.1 Å². The van der Waals surface area contributed by atoms with Crippen LogP contribution in [0.4, 0.5) is 0 Å². The number of nitrogens with two attached hydrogens (primary N) is 1. The Hall–Kier alpha value is -1.86. The fourth-order valence-electron chi connectivity index (χ4n) is 3.16. The molecule has 7 heteroatoms. The van der Waals surface area contributed by atoms with Crippen LogP contribution < -0.4 is 5.14 Å². The quantitative estimate of drug-likeness (QED) is 0.925. The highest BCUT2D eigenvalue weighted by molar-refractivity contribution is 7.89. The zero-order valence-electron chi connectivity index (χ0n) is 13.2. The fourth-order valence-corrected chi connectivity index (χ4v) is 4.09. The van der Waals surface area contributed by atoms with Crippen LogP contribution in [0.2, 0.25) is 0 Å². The van der Waals surface area contributed by atoms with Gasteiger partial charge in [-0.1, -0.05) is 11.6 Å². The van der Waals surface area contributed by atoms with E-state index < -0.39 is 10.0 Å². The zero-order valence-corrected chi connectivity index (χ0v) is 14.0. The number of hydrogen-bond donors (Lipinski definition) is 1. The van der Waals surface area contributed by atoms with E-state index in [2.05, 4.69) is 0 Å². The molecule has 2 heterocycles. The van der Waals surface area contributed by atoms with Crippen molar-refractivity contribution >= 4 is 26.9 Å². The molecule has 1 aliphatic heterocycles. The molecule has 0 spiro atoms. The Bertz CT molecular complexity index is 870. The number of sulfonamides is 1. The number of aryl methyl sites for hydroxylation is 2. The standard InChI is InChI=1S/C16H20N2O4S/c1-10-3-4-14-13(7-10)11(2)15(22-14)16(19)18-6-5-12(8-18)9-23(17,20)21/h3-4,7,12H,5-6,8-9H2,1-2H3,(H2,17,20,21)/t12-/m0/s1. The topological polar surface area (TPSA) is 93.6 Å². The molecule has 0 aliphatic carbocycles. The van der Waals surface area contributed by atoms with E-state index in [9.17, 15) is 13.2 Å². The van der Waals surface area contributed by atoms with Gasteiger partial charge in [0.25, 0.3) is 5.91 Å². The summed E-state index contributed by atoms with van der Waals surface area (Å²) >= 11 is 0. The Kier molecular flexibility index (Phi) is 3.93. The monoisotopic (exact) mass is 336 g/mol. The van der Waals surface area contributed by atoms with Gasteiger partial charge in [-0.3, -0.25) is 4.79 Å². The Morgan fingerprint density at radius 2 is 2.13 bits per heavy atom. The molecule has 23 heavy (non-hydrogen) atoms. The van der Waals surface area contributed by atoms with Crippen molar-refractivity contribution in [2.45, 2.75) is 20.3 Å². The number of likely N-dealkylation sites (tertiary alicyclic amines) is 1. The molecule has 0 saturated carbocycles. The maximum Gasteiger partial charge on any atom is 0.289 e. The van der Waals surface area contributed by atoms with Crippen molar-refractivity contribution in [3.05, 3.63) is 35.1 Å². The van der Waals surface area contributed by atoms with E-state index in [1.165, 1.54) is 0 Å². The minimum absolute atomic E-state index is 0.0882. The summed E-state index contributed by atoms with van der Waals surface area (Å²) < 4.78 is 28.1. The van der Waals surface area contributed by atoms with Crippen molar-refractivity contribution in [3.63, 3.8) is 0 Å². The normalized spacial score (nSPS) is 18.7. The first kappa shape index (κ1) is 16.0. The van der Waals surface area contributed by atoms with Gasteiger partial charge in [0, 0.05) is 24.0 Å². The third kappa shape index (κ3) is 3.25. The molecule has 1 saturated heterocycles. The number of nitrogens with zero attached hydrogens (tertiary/aromatic N) is 1. The minimum Gasteiger partial charge on any atom is -0.451 e. The van der Waals surface area contributed by atoms with Crippen LogP contribution in [0.5, 0.6) is 0 Å². The van der Waals surface area contributed by atoms with Crippen LogP contribution in [0.25, 0.3) is 11.0 Å². The SMILES string of the molecule is Cc1ccc2oc(C(=O)N3CC[C@H](CS(N)(=O)=O)C3)c(C)c2c1.